The molecule has 0 radical (unpaired) electrons. The number of carbonyl (C=O) groups excluding carboxylic acids is 1. The van der Waals surface area contributed by atoms with Crippen molar-refractivity contribution in [1.82, 2.24) is 19.8 Å². The van der Waals surface area contributed by atoms with Gasteiger partial charge in [-0.25, -0.2) is 0 Å². The molecular formula is C21H18N4O3S. The van der Waals surface area contributed by atoms with Crippen LogP contribution in [0.4, 0.5) is 0 Å². The summed E-state index contributed by atoms with van der Waals surface area (Å²) in [5.41, 5.74) is 2.11. The summed E-state index contributed by atoms with van der Waals surface area (Å²) in [5.74, 6) is 2.17. The summed E-state index contributed by atoms with van der Waals surface area (Å²) >= 11 is 1.38. The predicted octanol–water partition coefficient (Wildman–Crippen LogP) is 3.78. The SMILES string of the molecule is COc1ccc(-c2nnc3ccc(SCC(=O)c4ccccc4)nn23)cc1OC. The number of hydrogen-bond acceptors (Lipinski definition) is 7. The summed E-state index contributed by atoms with van der Waals surface area (Å²) in [6.45, 7) is 0. The number of methoxy groups -OCH3 is 2. The maximum Gasteiger partial charge on any atom is 0.185 e. The van der Waals surface area contributed by atoms with E-state index in [0.717, 1.165) is 5.56 Å². The molecule has 0 bridgehead atoms. The van der Waals surface area contributed by atoms with Crippen molar-refractivity contribution in [3.05, 3.63) is 66.2 Å². The zero-order valence-corrected chi connectivity index (χ0v) is 16.7. The highest BCUT2D eigenvalue weighted by molar-refractivity contribution is 7.99. The quantitative estimate of drug-likeness (QED) is 0.341. The van der Waals surface area contributed by atoms with Crippen LogP contribution in [0.5, 0.6) is 11.5 Å². The minimum Gasteiger partial charge on any atom is -0.493 e. The van der Waals surface area contributed by atoms with Crippen molar-refractivity contribution in [2.75, 3.05) is 20.0 Å². The van der Waals surface area contributed by atoms with Crippen LogP contribution in [-0.4, -0.2) is 45.6 Å². The number of carbonyl (C=O) groups is 1. The van der Waals surface area contributed by atoms with Gasteiger partial charge in [0.1, 0.15) is 5.03 Å². The molecule has 2 heterocycles. The fourth-order valence-electron chi connectivity index (χ4n) is 2.85. The maximum atomic E-state index is 12.3. The second-order valence-corrected chi connectivity index (χ2v) is 7.11. The van der Waals surface area contributed by atoms with Gasteiger partial charge in [0, 0.05) is 11.1 Å². The van der Waals surface area contributed by atoms with Crippen LogP contribution in [0, 0.1) is 0 Å². The second kappa shape index (κ2) is 8.32. The molecule has 2 aromatic heterocycles. The zero-order chi connectivity index (χ0) is 20.2. The van der Waals surface area contributed by atoms with Crippen molar-refractivity contribution >= 4 is 23.2 Å². The molecule has 0 unspecified atom stereocenters. The average molecular weight is 406 g/mol. The van der Waals surface area contributed by atoms with Gasteiger partial charge in [-0.3, -0.25) is 4.79 Å². The minimum atomic E-state index is 0.0568. The fourth-order valence-corrected chi connectivity index (χ4v) is 3.60. The number of ether oxygens (including phenoxy) is 2. The highest BCUT2D eigenvalue weighted by Gasteiger charge is 2.14. The molecule has 4 rings (SSSR count). The van der Waals surface area contributed by atoms with Crippen LogP contribution in [-0.2, 0) is 0 Å². The van der Waals surface area contributed by atoms with E-state index in [-0.39, 0.29) is 5.78 Å². The van der Waals surface area contributed by atoms with E-state index in [0.29, 0.717) is 39.3 Å². The molecule has 2 aromatic carbocycles. The summed E-state index contributed by atoms with van der Waals surface area (Å²) in [5, 5.41) is 13.8. The first-order valence-corrected chi connectivity index (χ1v) is 9.84. The van der Waals surface area contributed by atoms with E-state index in [1.807, 2.05) is 60.7 Å². The number of benzene rings is 2. The number of ketones is 1. The van der Waals surface area contributed by atoms with Crippen LogP contribution in [0.2, 0.25) is 0 Å². The first kappa shape index (κ1) is 18.9. The van der Waals surface area contributed by atoms with Crippen LogP contribution in [0.1, 0.15) is 10.4 Å². The van der Waals surface area contributed by atoms with Gasteiger partial charge < -0.3 is 9.47 Å². The van der Waals surface area contributed by atoms with Crippen molar-refractivity contribution in [2.45, 2.75) is 5.03 Å². The number of hydrogen-bond donors (Lipinski definition) is 0. The van der Waals surface area contributed by atoms with Gasteiger partial charge in [-0.2, -0.15) is 9.61 Å². The minimum absolute atomic E-state index is 0.0568. The number of rotatable bonds is 7. The Kier molecular flexibility index (Phi) is 5.44. The van der Waals surface area contributed by atoms with Crippen molar-refractivity contribution in [3.8, 4) is 22.9 Å². The Hall–Kier alpha value is -3.39. The molecule has 0 amide bonds. The van der Waals surface area contributed by atoms with Gasteiger partial charge in [0.2, 0.25) is 0 Å². The lowest BCUT2D eigenvalue weighted by atomic mass is 10.2. The van der Waals surface area contributed by atoms with Crippen LogP contribution in [0.15, 0.2) is 65.7 Å². The number of thioether (sulfide) groups is 1. The van der Waals surface area contributed by atoms with Crippen LogP contribution in [0.25, 0.3) is 17.0 Å². The molecule has 0 saturated heterocycles. The summed E-state index contributed by atoms with van der Waals surface area (Å²) < 4.78 is 12.3. The predicted molar refractivity (Wildman–Crippen MR) is 111 cm³/mol. The fraction of sp³-hybridized carbons (Fsp3) is 0.143. The molecule has 4 aromatic rings. The van der Waals surface area contributed by atoms with Gasteiger partial charge in [0.25, 0.3) is 0 Å². The Labute approximate surface area is 171 Å². The molecule has 7 nitrogen and oxygen atoms in total. The molecule has 0 N–H and O–H groups in total. The lowest BCUT2D eigenvalue weighted by Gasteiger charge is -2.08. The third-order valence-electron chi connectivity index (χ3n) is 4.33. The van der Waals surface area contributed by atoms with E-state index >= 15 is 0 Å². The summed E-state index contributed by atoms with van der Waals surface area (Å²) in [6.07, 6.45) is 0. The monoisotopic (exact) mass is 406 g/mol. The number of aromatic nitrogens is 4. The molecule has 0 aliphatic carbocycles. The molecule has 29 heavy (non-hydrogen) atoms. The molecule has 0 fully saturated rings. The molecule has 0 aliphatic heterocycles. The summed E-state index contributed by atoms with van der Waals surface area (Å²) in [4.78, 5) is 12.3. The smallest absolute Gasteiger partial charge is 0.185 e. The van der Waals surface area contributed by atoms with Crippen molar-refractivity contribution in [3.63, 3.8) is 0 Å². The van der Waals surface area contributed by atoms with Crippen LogP contribution < -0.4 is 9.47 Å². The van der Waals surface area contributed by atoms with Gasteiger partial charge in [-0.15, -0.1) is 10.2 Å². The van der Waals surface area contributed by atoms with Gasteiger partial charge in [0.15, 0.2) is 28.8 Å². The van der Waals surface area contributed by atoms with E-state index < -0.39 is 0 Å². The first-order valence-electron chi connectivity index (χ1n) is 8.85. The highest BCUT2D eigenvalue weighted by atomic mass is 32.2. The number of fused-ring (bicyclic) bond motifs is 1. The lowest BCUT2D eigenvalue weighted by molar-refractivity contribution is 0.102. The molecule has 0 atom stereocenters. The number of nitrogens with zero attached hydrogens (tertiary/aromatic N) is 4. The zero-order valence-electron chi connectivity index (χ0n) is 15.9. The van der Waals surface area contributed by atoms with E-state index in [4.69, 9.17) is 9.47 Å². The lowest BCUT2D eigenvalue weighted by Crippen LogP contribution is -2.03. The van der Waals surface area contributed by atoms with E-state index in [1.165, 1.54) is 11.8 Å². The Morgan fingerprint density at radius 1 is 0.966 bits per heavy atom. The van der Waals surface area contributed by atoms with Crippen LogP contribution in [0.3, 0.4) is 0 Å². The Bertz CT molecular complexity index is 1160. The van der Waals surface area contributed by atoms with Crippen LogP contribution >= 0.6 is 11.8 Å². The third-order valence-corrected chi connectivity index (χ3v) is 5.25. The topological polar surface area (TPSA) is 78.6 Å². The van der Waals surface area contributed by atoms with E-state index in [1.54, 1.807) is 18.7 Å². The molecule has 0 aliphatic rings. The maximum absolute atomic E-state index is 12.3. The largest absolute Gasteiger partial charge is 0.493 e. The summed E-state index contributed by atoms with van der Waals surface area (Å²) in [7, 11) is 3.17. The molecular weight excluding hydrogens is 388 g/mol. The van der Waals surface area contributed by atoms with E-state index in [9.17, 15) is 4.79 Å². The Balaban J connectivity index is 1.60. The average Bonchev–Trinajstić information content (AvgIpc) is 3.20. The van der Waals surface area contributed by atoms with Gasteiger partial charge in [0.05, 0.1) is 20.0 Å². The molecule has 0 spiro atoms. The molecule has 8 heteroatoms. The van der Waals surface area contributed by atoms with Crippen molar-refractivity contribution < 1.29 is 14.3 Å². The standard InChI is InChI=1S/C21H18N4O3S/c1-27-17-9-8-15(12-18(17)28-2)21-23-22-19-10-11-20(24-25(19)21)29-13-16(26)14-6-4-3-5-7-14/h3-12H,13H2,1-2H3. The number of Topliss-reactive ketones (excluding diaryl/α,β-unsaturated/α-hetero) is 1. The van der Waals surface area contributed by atoms with Crippen molar-refractivity contribution in [2.24, 2.45) is 0 Å². The third kappa shape index (κ3) is 3.93. The van der Waals surface area contributed by atoms with Gasteiger partial charge >= 0.3 is 0 Å². The first-order chi connectivity index (χ1) is 14.2. The van der Waals surface area contributed by atoms with Crippen molar-refractivity contribution in [1.29, 1.82) is 0 Å². The molecule has 0 saturated carbocycles. The van der Waals surface area contributed by atoms with Gasteiger partial charge in [-0.05, 0) is 30.3 Å². The Morgan fingerprint density at radius 3 is 2.52 bits per heavy atom. The molecule has 146 valence electrons. The van der Waals surface area contributed by atoms with E-state index in [2.05, 4.69) is 15.3 Å². The van der Waals surface area contributed by atoms with Gasteiger partial charge in [-0.1, -0.05) is 42.1 Å². The Morgan fingerprint density at radius 2 is 1.76 bits per heavy atom. The highest BCUT2D eigenvalue weighted by Crippen LogP contribution is 2.31. The summed E-state index contributed by atoms with van der Waals surface area (Å²) in [6, 6.07) is 18.4. The second-order valence-electron chi connectivity index (χ2n) is 6.11. The normalized spacial score (nSPS) is 10.8.